The van der Waals surface area contributed by atoms with Crippen molar-refractivity contribution in [2.45, 2.75) is 17.2 Å². The summed E-state index contributed by atoms with van der Waals surface area (Å²) in [6.07, 6.45) is -8.38. The van der Waals surface area contributed by atoms with E-state index < -0.39 is 70.2 Å². The van der Waals surface area contributed by atoms with Crippen molar-refractivity contribution < 1.29 is 42.2 Å². The minimum absolute atomic E-state index is 0.0992. The third-order valence-electron chi connectivity index (χ3n) is 3.81. The van der Waals surface area contributed by atoms with E-state index >= 15 is 0 Å². The Bertz CT molecular complexity index is 1120. The van der Waals surface area contributed by atoms with Gasteiger partial charge in [0.1, 0.15) is 0 Å². The van der Waals surface area contributed by atoms with Crippen LogP contribution in [0.3, 0.4) is 0 Å². The Labute approximate surface area is 179 Å². The molecule has 1 heterocycles. The molecule has 1 aliphatic rings. The van der Waals surface area contributed by atoms with Gasteiger partial charge in [-0.25, -0.2) is 0 Å². The molecule has 0 saturated carbocycles. The van der Waals surface area contributed by atoms with Gasteiger partial charge < -0.3 is 0 Å². The molecule has 0 fully saturated rings. The van der Waals surface area contributed by atoms with Crippen molar-refractivity contribution in [3.63, 3.8) is 0 Å². The number of halogens is 8. The molecule has 0 aliphatic carbocycles. The van der Waals surface area contributed by atoms with Crippen LogP contribution in [-0.2, 0) is 22.4 Å². The summed E-state index contributed by atoms with van der Waals surface area (Å²) in [5, 5.41) is 2.80. The average Bonchev–Trinajstić information content (AvgIpc) is 3.12. The molecular formula is C17H12F7IN2O3S. The van der Waals surface area contributed by atoms with E-state index in [1.807, 2.05) is 4.72 Å². The second-order valence-corrected chi connectivity index (χ2v) is 11.6. The predicted octanol–water partition coefficient (Wildman–Crippen LogP) is 5.50. The van der Waals surface area contributed by atoms with Crippen LogP contribution in [0, 0.1) is 5.82 Å². The molecule has 5 nitrogen and oxygen atoms in total. The zero-order chi connectivity index (χ0) is 23.0. The molecule has 1 aliphatic heterocycles. The molecule has 0 aromatic heterocycles. The van der Waals surface area contributed by atoms with Gasteiger partial charge >= 0.3 is 179 Å². The van der Waals surface area contributed by atoms with Crippen LogP contribution in [0.15, 0.2) is 51.6 Å². The summed E-state index contributed by atoms with van der Waals surface area (Å²) in [6, 6.07) is 3.25. The predicted molar refractivity (Wildman–Crippen MR) is 105 cm³/mol. The fraction of sp³-hybridized carbons (Fsp3) is 0.176. The first-order valence-corrected chi connectivity index (χ1v) is 13.2. The standard InChI is InChI=1S/C17H12F7IN2O3S/c18-14-4-2-11(8-13(14)17(22,23)24)31(28,29)27-10-1-3-12(16(19,20)21)15(7-10)30-25-5-6-26-9-25/h1-8,26-27H,9H2. The average molecular weight is 584 g/mol. The third kappa shape index (κ3) is 5.53. The number of anilines is 1. The van der Waals surface area contributed by atoms with Crippen LogP contribution in [0.2, 0.25) is 0 Å². The second-order valence-electron chi connectivity index (χ2n) is 6.01. The van der Waals surface area contributed by atoms with Crippen LogP contribution < -0.4 is 13.1 Å². The molecule has 0 atom stereocenters. The third-order valence-corrected chi connectivity index (χ3v) is 8.58. The number of nitrogens with one attached hydrogen (secondary N) is 2. The molecule has 2 N–H and O–H groups in total. The van der Waals surface area contributed by atoms with Gasteiger partial charge in [0.15, 0.2) is 0 Å². The Balaban J connectivity index is 1.95. The normalized spacial score (nSPS) is 15.6. The van der Waals surface area contributed by atoms with E-state index in [1.54, 1.807) is 4.08 Å². The summed E-state index contributed by atoms with van der Waals surface area (Å²) in [7, 11) is -4.67. The number of hydrogen-bond donors (Lipinski definition) is 2. The zero-order valence-electron chi connectivity index (χ0n) is 15.0. The van der Waals surface area contributed by atoms with Gasteiger partial charge in [-0.15, -0.1) is 0 Å². The zero-order valence-corrected chi connectivity index (χ0v) is 18.0. The molecule has 0 bridgehead atoms. The first-order valence-electron chi connectivity index (χ1n) is 8.11. The molecule has 0 saturated heterocycles. The Morgan fingerprint density at radius 3 is 2.23 bits per heavy atom. The number of sulfonamides is 1. The number of hydrogen-bond acceptors (Lipinski definition) is 4. The maximum atomic E-state index is 13.4. The van der Waals surface area contributed by atoms with Crippen molar-refractivity contribution >= 4 is 35.9 Å². The Morgan fingerprint density at radius 1 is 0.968 bits per heavy atom. The van der Waals surface area contributed by atoms with Crippen LogP contribution in [0.25, 0.3) is 0 Å². The van der Waals surface area contributed by atoms with Crippen molar-refractivity contribution in [1.82, 2.24) is 5.32 Å². The first-order chi connectivity index (χ1) is 14.3. The number of rotatable bonds is 5. The van der Waals surface area contributed by atoms with Crippen molar-refractivity contribution in [3.05, 3.63) is 63.6 Å². The van der Waals surface area contributed by atoms with Gasteiger partial charge in [-0.2, -0.15) is 0 Å². The summed E-state index contributed by atoms with van der Waals surface area (Å²) in [5.41, 5.74) is -3.29. The van der Waals surface area contributed by atoms with Crippen LogP contribution >= 0.6 is 20.2 Å². The van der Waals surface area contributed by atoms with E-state index in [4.69, 9.17) is 3.07 Å². The van der Waals surface area contributed by atoms with Crippen molar-refractivity contribution in [2.75, 3.05) is 9.27 Å². The van der Waals surface area contributed by atoms with Crippen LogP contribution in [0.1, 0.15) is 11.1 Å². The molecule has 0 radical (unpaired) electrons. The summed E-state index contributed by atoms with van der Waals surface area (Å²) < 4.78 is 126. The van der Waals surface area contributed by atoms with E-state index in [-0.39, 0.29) is 11.8 Å². The first kappa shape index (κ1) is 23.4. The number of benzene rings is 2. The molecule has 2 aromatic carbocycles. The molecule has 170 valence electrons. The van der Waals surface area contributed by atoms with Gasteiger partial charge in [-0.05, 0) is 0 Å². The van der Waals surface area contributed by atoms with E-state index in [1.165, 1.54) is 6.20 Å². The molecular weight excluding hydrogens is 572 g/mol. The molecule has 3 rings (SSSR count). The van der Waals surface area contributed by atoms with Crippen LogP contribution in [-0.4, -0.2) is 13.0 Å². The monoisotopic (exact) mass is 584 g/mol. The van der Waals surface area contributed by atoms with E-state index in [9.17, 15) is 39.2 Å². The topological polar surface area (TPSA) is 67.4 Å². The Morgan fingerprint density at radius 2 is 1.65 bits per heavy atom. The quantitative estimate of drug-likeness (QED) is 0.211. The summed E-state index contributed by atoms with van der Waals surface area (Å²) >= 11 is -2.39. The molecule has 2 aromatic rings. The molecule has 0 amide bonds. The second kappa shape index (κ2) is 8.37. The van der Waals surface area contributed by atoms with E-state index in [2.05, 4.69) is 5.32 Å². The van der Waals surface area contributed by atoms with E-state index in [0.29, 0.717) is 22.8 Å². The summed E-state index contributed by atoms with van der Waals surface area (Å²) in [4.78, 5) is -0.915. The van der Waals surface area contributed by atoms with Gasteiger partial charge in [0.25, 0.3) is 0 Å². The van der Waals surface area contributed by atoms with Gasteiger partial charge in [0.05, 0.1) is 0 Å². The fourth-order valence-electron chi connectivity index (χ4n) is 2.43. The molecule has 14 heteroatoms. The fourth-order valence-corrected chi connectivity index (χ4v) is 6.38. The minimum atomic E-state index is -5.14. The van der Waals surface area contributed by atoms with Crippen molar-refractivity contribution in [3.8, 4) is 5.75 Å². The number of alkyl halides is 7. The van der Waals surface area contributed by atoms with Gasteiger partial charge in [0.2, 0.25) is 0 Å². The van der Waals surface area contributed by atoms with Crippen molar-refractivity contribution in [1.29, 1.82) is 0 Å². The molecule has 0 spiro atoms. The maximum absolute atomic E-state index is 13.4. The van der Waals surface area contributed by atoms with Gasteiger partial charge in [0, 0.05) is 0 Å². The van der Waals surface area contributed by atoms with Crippen LogP contribution in [0.5, 0.6) is 5.75 Å². The summed E-state index contributed by atoms with van der Waals surface area (Å²) in [6.45, 7) is 0. The SMILES string of the molecule is O=S(=O)(Nc1ccc(C(F)(F)F)c(OI2C=CNC2)c1)c1ccc(F)c(C(F)(F)F)c1. The van der Waals surface area contributed by atoms with E-state index in [0.717, 1.165) is 12.1 Å². The Kier molecular flexibility index (Phi) is 6.32. The molecule has 0 unspecified atom stereocenters. The van der Waals surface area contributed by atoms with Gasteiger partial charge in [-0.3, -0.25) is 0 Å². The van der Waals surface area contributed by atoms with Crippen LogP contribution in [0.4, 0.5) is 36.4 Å². The Hall–Kier alpha value is -2.23. The molecule has 31 heavy (non-hydrogen) atoms. The van der Waals surface area contributed by atoms with Gasteiger partial charge in [-0.1, -0.05) is 0 Å². The van der Waals surface area contributed by atoms with Crippen molar-refractivity contribution in [2.24, 2.45) is 0 Å². The summed E-state index contributed by atoms with van der Waals surface area (Å²) in [5.74, 6) is -2.28.